The van der Waals surface area contributed by atoms with Gasteiger partial charge in [-0.2, -0.15) is 0 Å². The van der Waals surface area contributed by atoms with Gasteiger partial charge in [-0.05, 0) is 30.7 Å². The van der Waals surface area contributed by atoms with Gasteiger partial charge in [0.15, 0.2) is 11.0 Å². The van der Waals surface area contributed by atoms with E-state index >= 15 is 0 Å². The average molecular weight is 425 g/mol. The van der Waals surface area contributed by atoms with Crippen molar-refractivity contribution in [3.63, 3.8) is 0 Å². The molecule has 152 valence electrons. The first-order valence-electron chi connectivity index (χ1n) is 9.20. The SMILES string of the molecule is CCCCCCn1c(SCC(=O)NCC(=O)OC)nnc1-c1ccc(Cl)cc1. The van der Waals surface area contributed by atoms with Gasteiger partial charge in [0, 0.05) is 17.1 Å². The molecule has 0 atom stereocenters. The molecule has 1 heterocycles. The fourth-order valence-corrected chi connectivity index (χ4v) is 3.45. The highest BCUT2D eigenvalue weighted by Gasteiger charge is 2.16. The van der Waals surface area contributed by atoms with Crippen molar-refractivity contribution < 1.29 is 14.3 Å². The number of halogens is 1. The minimum absolute atomic E-state index is 0.143. The van der Waals surface area contributed by atoms with Crippen LogP contribution in [0, 0.1) is 0 Å². The predicted octanol–water partition coefficient (Wildman–Crippen LogP) is 3.56. The van der Waals surface area contributed by atoms with Crippen molar-refractivity contribution in [2.75, 3.05) is 19.4 Å². The molecule has 0 aliphatic rings. The van der Waals surface area contributed by atoms with Crippen molar-refractivity contribution in [1.82, 2.24) is 20.1 Å². The van der Waals surface area contributed by atoms with Crippen LogP contribution in [0.3, 0.4) is 0 Å². The van der Waals surface area contributed by atoms with Crippen LogP contribution in [0.15, 0.2) is 29.4 Å². The van der Waals surface area contributed by atoms with Crippen molar-refractivity contribution in [2.24, 2.45) is 0 Å². The molecule has 7 nitrogen and oxygen atoms in total. The summed E-state index contributed by atoms with van der Waals surface area (Å²) in [5.41, 5.74) is 0.925. The van der Waals surface area contributed by atoms with Gasteiger partial charge in [-0.3, -0.25) is 9.59 Å². The smallest absolute Gasteiger partial charge is 0.325 e. The third-order valence-electron chi connectivity index (χ3n) is 4.04. The number of amides is 1. The summed E-state index contributed by atoms with van der Waals surface area (Å²) in [6.07, 6.45) is 4.47. The van der Waals surface area contributed by atoms with E-state index in [0.29, 0.717) is 10.2 Å². The van der Waals surface area contributed by atoms with Crippen LogP contribution in [0.2, 0.25) is 5.02 Å². The summed E-state index contributed by atoms with van der Waals surface area (Å²) in [7, 11) is 1.28. The molecule has 1 amide bonds. The number of carbonyl (C=O) groups excluding carboxylic acids is 2. The fourth-order valence-electron chi connectivity index (χ4n) is 2.53. The molecule has 28 heavy (non-hydrogen) atoms. The van der Waals surface area contributed by atoms with Gasteiger partial charge in [0.2, 0.25) is 5.91 Å². The molecule has 0 bridgehead atoms. The van der Waals surface area contributed by atoms with Gasteiger partial charge in [-0.25, -0.2) is 0 Å². The summed E-state index contributed by atoms with van der Waals surface area (Å²) in [6.45, 7) is 2.80. The van der Waals surface area contributed by atoms with Crippen LogP contribution < -0.4 is 5.32 Å². The molecule has 2 aromatic rings. The van der Waals surface area contributed by atoms with Crippen LogP contribution in [0.4, 0.5) is 0 Å². The Morgan fingerprint density at radius 2 is 1.93 bits per heavy atom. The van der Waals surface area contributed by atoms with E-state index in [2.05, 4.69) is 27.2 Å². The predicted molar refractivity (Wildman–Crippen MR) is 110 cm³/mol. The summed E-state index contributed by atoms with van der Waals surface area (Å²) in [5, 5.41) is 12.5. The standard InChI is InChI=1S/C19H25ClN4O3S/c1-3-4-5-6-11-24-18(14-7-9-15(20)10-8-14)22-23-19(24)28-13-16(25)21-12-17(26)27-2/h7-10H,3-6,11-13H2,1-2H3,(H,21,25). The van der Waals surface area contributed by atoms with Crippen LogP contribution in [-0.4, -0.2) is 46.0 Å². The van der Waals surface area contributed by atoms with Gasteiger partial charge in [0.1, 0.15) is 6.54 Å². The minimum atomic E-state index is -0.484. The molecule has 1 aromatic carbocycles. The number of benzene rings is 1. The number of nitrogens with zero attached hydrogens (tertiary/aromatic N) is 3. The second kappa shape index (κ2) is 11.7. The van der Waals surface area contributed by atoms with Crippen molar-refractivity contribution in [2.45, 2.75) is 44.3 Å². The number of aromatic nitrogens is 3. The number of ether oxygens (including phenoxy) is 1. The Labute approximate surface area is 174 Å². The quantitative estimate of drug-likeness (QED) is 0.337. The van der Waals surface area contributed by atoms with Gasteiger partial charge >= 0.3 is 5.97 Å². The number of esters is 1. The van der Waals surface area contributed by atoms with E-state index in [0.717, 1.165) is 37.2 Å². The van der Waals surface area contributed by atoms with Crippen molar-refractivity contribution >= 4 is 35.2 Å². The number of nitrogens with one attached hydrogen (secondary N) is 1. The fraction of sp³-hybridized carbons (Fsp3) is 0.474. The Balaban J connectivity index is 2.08. The first-order chi connectivity index (χ1) is 13.5. The Hall–Kier alpha value is -2.06. The summed E-state index contributed by atoms with van der Waals surface area (Å²) in [6, 6.07) is 7.46. The topological polar surface area (TPSA) is 86.1 Å². The lowest BCUT2D eigenvalue weighted by molar-refractivity contribution is -0.140. The molecule has 2 rings (SSSR count). The van der Waals surface area contributed by atoms with Gasteiger partial charge in [-0.15, -0.1) is 10.2 Å². The minimum Gasteiger partial charge on any atom is -0.468 e. The Morgan fingerprint density at radius 1 is 1.18 bits per heavy atom. The number of rotatable bonds is 11. The number of hydrogen-bond donors (Lipinski definition) is 1. The third-order valence-corrected chi connectivity index (χ3v) is 5.26. The van der Waals surface area contributed by atoms with E-state index in [1.165, 1.54) is 25.3 Å². The lowest BCUT2D eigenvalue weighted by Crippen LogP contribution is -2.31. The molecular formula is C19H25ClN4O3S. The highest BCUT2D eigenvalue weighted by molar-refractivity contribution is 7.99. The van der Waals surface area contributed by atoms with Crippen LogP contribution in [-0.2, 0) is 20.9 Å². The number of carbonyl (C=O) groups is 2. The van der Waals surface area contributed by atoms with E-state index in [4.69, 9.17) is 11.6 Å². The first-order valence-corrected chi connectivity index (χ1v) is 10.6. The number of thioether (sulfide) groups is 1. The van der Waals surface area contributed by atoms with Crippen molar-refractivity contribution in [3.05, 3.63) is 29.3 Å². The van der Waals surface area contributed by atoms with Crippen molar-refractivity contribution in [3.8, 4) is 11.4 Å². The van der Waals surface area contributed by atoms with Crippen LogP contribution in [0.1, 0.15) is 32.6 Å². The molecule has 0 unspecified atom stereocenters. The zero-order valence-corrected chi connectivity index (χ0v) is 17.7. The van der Waals surface area contributed by atoms with E-state index in [9.17, 15) is 9.59 Å². The van der Waals surface area contributed by atoms with Crippen LogP contribution >= 0.6 is 23.4 Å². The molecule has 1 N–H and O–H groups in total. The van der Waals surface area contributed by atoms with Crippen LogP contribution in [0.5, 0.6) is 0 Å². The van der Waals surface area contributed by atoms with Gasteiger partial charge in [0.05, 0.1) is 12.9 Å². The molecule has 9 heteroatoms. The third kappa shape index (κ3) is 6.83. The number of hydrogen-bond acceptors (Lipinski definition) is 6. The molecule has 0 aliphatic carbocycles. The maximum atomic E-state index is 11.9. The first kappa shape index (κ1) is 22.2. The molecule has 0 saturated heterocycles. The summed E-state index contributed by atoms with van der Waals surface area (Å²) in [5.74, 6) is 0.155. The normalized spacial score (nSPS) is 10.7. The molecule has 0 spiro atoms. The second-order valence-electron chi connectivity index (χ2n) is 6.17. The highest BCUT2D eigenvalue weighted by Crippen LogP contribution is 2.25. The van der Waals surface area contributed by atoms with E-state index in [1.807, 2.05) is 28.8 Å². The zero-order valence-electron chi connectivity index (χ0n) is 16.1. The van der Waals surface area contributed by atoms with Gasteiger partial charge < -0.3 is 14.6 Å². The average Bonchev–Trinajstić information content (AvgIpc) is 3.11. The summed E-state index contributed by atoms with van der Waals surface area (Å²) in [4.78, 5) is 23.1. The molecule has 1 aromatic heterocycles. The molecular weight excluding hydrogens is 400 g/mol. The van der Waals surface area contributed by atoms with E-state index in [1.54, 1.807) is 0 Å². The highest BCUT2D eigenvalue weighted by atomic mass is 35.5. The molecule has 0 radical (unpaired) electrons. The monoisotopic (exact) mass is 424 g/mol. The largest absolute Gasteiger partial charge is 0.468 e. The lowest BCUT2D eigenvalue weighted by atomic mass is 10.2. The van der Waals surface area contributed by atoms with Gasteiger partial charge in [0.25, 0.3) is 0 Å². The second-order valence-corrected chi connectivity index (χ2v) is 7.55. The Kier molecular flexibility index (Phi) is 9.30. The molecule has 0 aliphatic heterocycles. The molecule has 0 fully saturated rings. The maximum absolute atomic E-state index is 11.9. The lowest BCUT2D eigenvalue weighted by Gasteiger charge is -2.10. The van der Waals surface area contributed by atoms with Crippen LogP contribution in [0.25, 0.3) is 11.4 Å². The number of methoxy groups -OCH3 is 1. The maximum Gasteiger partial charge on any atom is 0.325 e. The van der Waals surface area contributed by atoms with E-state index < -0.39 is 5.97 Å². The zero-order chi connectivity index (χ0) is 20.4. The summed E-state index contributed by atoms with van der Waals surface area (Å²) >= 11 is 7.28. The molecule has 0 saturated carbocycles. The Bertz CT molecular complexity index is 780. The van der Waals surface area contributed by atoms with Crippen molar-refractivity contribution in [1.29, 1.82) is 0 Å². The number of unbranched alkanes of at least 4 members (excludes halogenated alkanes) is 3. The summed E-state index contributed by atoms with van der Waals surface area (Å²) < 4.78 is 6.55. The Morgan fingerprint density at radius 3 is 2.61 bits per heavy atom. The van der Waals surface area contributed by atoms with E-state index in [-0.39, 0.29) is 18.2 Å². The van der Waals surface area contributed by atoms with Gasteiger partial charge in [-0.1, -0.05) is 49.5 Å².